The highest BCUT2D eigenvalue weighted by Crippen LogP contribution is 2.34. The summed E-state index contributed by atoms with van der Waals surface area (Å²) in [6.45, 7) is 0.812. The second kappa shape index (κ2) is 5.70. The number of H-pyrrole nitrogens is 1. The van der Waals surface area contributed by atoms with Gasteiger partial charge in [-0.2, -0.15) is 0 Å². The summed E-state index contributed by atoms with van der Waals surface area (Å²) in [4.78, 5) is 22.0. The van der Waals surface area contributed by atoms with Gasteiger partial charge >= 0.3 is 0 Å². The number of aromatic nitrogens is 2. The van der Waals surface area contributed by atoms with Crippen LogP contribution >= 0.6 is 11.6 Å². The molecule has 1 fully saturated rings. The molecule has 1 N–H and O–H groups in total. The van der Waals surface area contributed by atoms with Gasteiger partial charge in [0.05, 0.1) is 12.5 Å². The molecule has 0 unspecified atom stereocenters. The van der Waals surface area contributed by atoms with Gasteiger partial charge in [-0.15, -0.1) is 0 Å². The summed E-state index contributed by atoms with van der Waals surface area (Å²) in [7, 11) is 0. The molecule has 0 spiro atoms. The van der Waals surface area contributed by atoms with E-state index in [4.69, 9.17) is 11.6 Å². The molecule has 3 aromatic rings. The van der Waals surface area contributed by atoms with Gasteiger partial charge in [0.25, 0.3) is 0 Å². The number of aromatic amines is 1. The van der Waals surface area contributed by atoms with E-state index in [0.717, 1.165) is 40.1 Å². The van der Waals surface area contributed by atoms with Crippen molar-refractivity contribution in [3.63, 3.8) is 0 Å². The van der Waals surface area contributed by atoms with Gasteiger partial charge in [0.15, 0.2) is 0 Å². The zero-order valence-corrected chi connectivity index (χ0v) is 13.3. The summed E-state index contributed by atoms with van der Waals surface area (Å²) < 4.78 is 0. The minimum Gasteiger partial charge on any atom is -0.346 e. The highest BCUT2D eigenvalue weighted by Gasteiger charge is 2.33. The Morgan fingerprint density at radius 1 is 1.30 bits per heavy atom. The molecular formula is C18H16ClN3O. The summed E-state index contributed by atoms with van der Waals surface area (Å²) >= 11 is 5.94. The van der Waals surface area contributed by atoms with Crippen molar-refractivity contribution in [2.24, 2.45) is 0 Å². The Bertz CT molecular complexity index is 856. The van der Waals surface area contributed by atoms with Crippen molar-refractivity contribution in [3.05, 3.63) is 64.9 Å². The van der Waals surface area contributed by atoms with Crippen LogP contribution < -0.4 is 0 Å². The van der Waals surface area contributed by atoms with Crippen LogP contribution in [0.4, 0.5) is 0 Å². The zero-order chi connectivity index (χ0) is 15.8. The van der Waals surface area contributed by atoms with Crippen molar-refractivity contribution in [2.45, 2.75) is 18.9 Å². The first kappa shape index (κ1) is 14.3. The van der Waals surface area contributed by atoms with Gasteiger partial charge in [-0.25, -0.2) is 4.98 Å². The number of nitrogens with one attached hydrogen (secondary N) is 1. The zero-order valence-electron chi connectivity index (χ0n) is 12.5. The van der Waals surface area contributed by atoms with Crippen LogP contribution in [0.25, 0.3) is 11.0 Å². The maximum Gasteiger partial charge on any atom is 0.227 e. The number of amides is 1. The molecule has 1 amide bonds. The molecule has 1 atom stereocenters. The Morgan fingerprint density at radius 2 is 2.13 bits per heavy atom. The lowest BCUT2D eigenvalue weighted by Gasteiger charge is -2.41. The molecule has 0 saturated carbocycles. The molecule has 4 rings (SSSR count). The number of likely N-dealkylation sites (tertiary alicyclic amines) is 1. The Balaban J connectivity index is 1.52. The molecule has 0 bridgehead atoms. The number of fused-ring (bicyclic) bond motifs is 1. The van der Waals surface area contributed by atoms with Crippen LogP contribution in [0, 0.1) is 0 Å². The molecule has 0 aliphatic carbocycles. The smallest absolute Gasteiger partial charge is 0.227 e. The number of nitrogens with zero attached hydrogens (tertiary/aromatic N) is 2. The first-order valence-electron chi connectivity index (χ1n) is 7.68. The van der Waals surface area contributed by atoms with Gasteiger partial charge in [-0.3, -0.25) is 4.79 Å². The molecule has 4 nitrogen and oxygen atoms in total. The molecule has 116 valence electrons. The van der Waals surface area contributed by atoms with Crippen molar-refractivity contribution in [1.82, 2.24) is 14.9 Å². The highest BCUT2D eigenvalue weighted by atomic mass is 35.5. The fourth-order valence-corrected chi connectivity index (χ4v) is 3.27. The fourth-order valence-electron chi connectivity index (χ4n) is 3.14. The van der Waals surface area contributed by atoms with E-state index in [0.29, 0.717) is 6.42 Å². The minimum absolute atomic E-state index is 0.154. The molecule has 2 aromatic heterocycles. The third-order valence-electron chi connectivity index (χ3n) is 4.47. The highest BCUT2D eigenvalue weighted by molar-refractivity contribution is 6.30. The molecule has 1 aliphatic heterocycles. The Labute approximate surface area is 139 Å². The summed E-state index contributed by atoms with van der Waals surface area (Å²) in [5, 5.41) is 1.74. The lowest BCUT2D eigenvalue weighted by atomic mass is 9.94. The molecular weight excluding hydrogens is 310 g/mol. The van der Waals surface area contributed by atoms with Crippen LogP contribution in [-0.4, -0.2) is 27.3 Å². The summed E-state index contributed by atoms with van der Waals surface area (Å²) in [5.74, 6) is 0.154. The van der Waals surface area contributed by atoms with Crippen molar-refractivity contribution in [3.8, 4) is 0 Å². The standard InChI is InChI=1S/C18H16ClN3O/c19-14-5-3-12(4-6-14)16-7-9-22(16)17(23)10-13-11-21-18-15(13)2-1-8-20-18/h1-6,8,11,16H,7,9-10H2,(H,20,21)/t16-/m1/s1. The molecule has 1 aliphatic rings. The lowest BCUT2D eigenvalue weighted by molar-refractivity contribution is -0.138. The van der Waals surface area contributed by atoms with E-state index in [2.05, 4.69) is 9.97 Å². The summed E-state index contributed by atoms with van der Waals surface area (Å²) in [6.07, 6.45) is 5.03. The van der Waals surface area contributed by atoms with E-state index >= 15 is 0 Å². The van der Waals surface area contributed by atoms with E-state index in [9.17, 15) is 4.79 Å². The predicted octanol–water partition coefficient (Wildman–Crippen LogP) is 3.73. The van der Waals surface area contributed by atoms with Gasteiger partial charge in [0, 0.05) is 29.3 Å². The van der Waals surface area contributed by atoms with Crippen LogP contribution in [0.5, 0.6) is 0 Å². The molecule has 1 saturated heterocycles. The van der Waals surface area contributed by atoms with E-state index in [-0.39, 0.29) is 11.9 Å². The molecule has 0 radical (unpaired) electrons. The second-order valence-electron chi connectivity index (χ2n) is 5.83. The molecule has 5 heteroatoms. The predicted molar refractivity (Wildman–Crippen MR) is 90.3 cm³/mol. The van der Waals surface area contributed by atoms with Crippen LogP contribution in [0.1, 0.15) is 23.6 Å². The van der Waals surface area contributed by atoms with Crippen LogP contribution in [0.15, 0.2) is 48.8 Å². The van der Waals surface area contributed by atoms with Gasteiger partial charge in [0.2, 0.25) is 5.91 Å². The van der Waals surface area contributed by atoms with E-state index < -0.39 is 0 Å². The largest absolute Gasteiger partial charge is 0.346 e. The Morgan fingerprint density at radius 3 is 2.87 bits per heavy atom. The monoisotopic (exact) mass is 325 g/mol. The second-order valence-corrected chi connectivity index (χ2v) is 6.27. The topological polar surface area (TPSA) is 49.0 Å². The fraction of sp³-hybridized carbons (Fsp3) is 0.222. The van der Waals surface area contributed by atoms with E-state index in [1.165, 1.54) is 0 Å². The van der Waals surface area contributed by atoms with Gasteiger partial charge in [0.1, 0.15) is 5.65 Å². The Hall–Kier alpha value is -2.33. The molecule has 23 heavy (non-hydrogen) atoms. The quantitative estimate of drug-likeness (QED) is 0.797. The maximum atomic E-state index is 12.7. The SMILES string of the molecule is O=C(Cc1c[nH]c2ncccc12)N1CC[C@@H]1c1ccc(Cl)cc1. The number of benzene rings is 1. The van der Waals surface area contributed by atoms with Crippen LogP contribution in [0.3, 0.4) is 0 Å². The number of halogens is 1. The number of hydrogen-bond acceptors (Lipinski definition) is 2. The number of pyridine rings is 1. The van der Waals surface area contributed by atoms with Crippen LogP contribution in [-0.2, 0) is 11.2 Å². The first-order chi connectivity index (χ1) is 11.2. The van der Waals surface area contributed by atoms with E-state index in [1.807, 2.05) is 47.5 Å². The lowest BCUT2D eigenvalue weighted by Crippen LogP contribution is -2.45. The van der Waals surface area contributed by atoms with Crippen molar-refractivity contribution >= 4 is 28.5 Å². The van der Waals surface area contributed by atoms with Gasteiger partial charge in [-0.1, -0.05) is 23.7 Å². The number of carbonyl (C=O) groups excluding carboxylic acids is 1. The third-order valence-corrected chi connectivity index (χ3v) is 4.73. The van der Waals surface area contributed by atoms with Gasteiger partial charge < -0.3 is 9.88 Å². The van der Waals surface area contributed by atoms with Crippen LogP contribution in [0.2, 0.25) is 5.02 Å². The van der Waals surface area contributed by atoms with Crippen molar-refractivity contribution < 1.29 is 4.79 Å². The number of hydrogen-bond donors (Lipinski definition) is 1. The average Bonchev–Trinajstić information content (AvgIpc) is 2.92. The van der Waals surface area contributed by atoms with Crippen molar-refractivity contribution in [1.29, 1.82) is 0 Å². The number of rotatable bonds is 3. The first-order valence-corrected chi connectivity index (χ1v) is 8.06. The third kappa shape index (κ3) is 2.59. The maximum absolute atomic E-state index is 12.7. The average molecular weight is 326 g/mol. The summed E-state index contributed by atoms with van der Waals surface area (Å²) in [5.41, 5.74) is 2.97. The summed E-state index contributed by atoms with van der Waals surface area (Å²) in [6, 6.07) is 11.8. The minimum atomic E-state index is 0.154. The molecule has 1 aromatic carbocycles. The molecule has 3 heterocycles. The van der Waals surface area contributed by atoms with Gasteiger partial charge in [-0.05, 0) is 41.8 Å². The Kier molecular flexibility index (Phi) is 3.54. The van der Waals surface area contributed by atoms with Crippen molar-refractivity contribution in [2.75, 3.05) is 6.54 Å². The number of carbonyl (C=O) groups is 1. The normalized spacial score (nSPS) is 17.3. The van der Waals surface area contributed by atoms with E-state index in [1.54, 1.807) is 6.20 Å².